The Morgan fingerprint density at radius 3 is 2.36 bits per heavy atom. The summed E-state index contributed by atoms with van der Waals surface area (Å²) in [5, 5.41) is 9.36. The second-order valence-electron chi connectivity index (χ2n) is 8.49. The van der Waals surface area contributed by atoms with Crippen molar-refractivity contribution < 1.29 is 14.2 Å². The lowest BCUT2D eigenvalue weighted by Gasteiger charge is -2.40. The number of ether oxygens (including phenoxy) is 1. The molecule has 2 atom stereocenters. The Morgan fingerprint density at radius 1 is 1.06 bits per heavy atom. The Hall–Kier alpha value is -3.22. The molecule has 1 unspecified atom stereocenters. The second-order valence-corrected chi connectivity index (χ2v) is 8.49. The van der Waals surface area contributed by atoms with Crippen molar-refractivity contribution in [2.24, 2.45) is 7.05 Å². The van der Waals surface area contributed by atoms with E-state index in [1.807, 2.05) is 24.5 Å². The molecule has 0 aliphatic carbocycles. The van der Waals surface area contributed by atoms with Crippen LogP contribution < -0.4 is 5.56 Å². The minimum Gasteiger partial charge on any atom is -0.396 e. The van der Waals surface area contributed by atoms with E-state index in [4.69, 9.17) is 4.74 Å². The Bertz CT molecular complexity index is 1170. The van der Waals surface area contributed by atoms with Crippen LogP contribution in [0.5, 0.6) is 0 Å². The van der Waals surface area contributed by atoms with Crippen molar-refractivity contribution in [3.8, 4) is 11.1 Å². The molecule has 1 aliphatic heterocycles. The predicted octanol–water partition coefficient (Wildman–Crippen LogP) is 4.72. The summed E-state index contributed by atoms with van der Waals surface area (Å²) < 4.78 is 21.4. The maximum absolute atomic E-state index is 13.4. The van der Waals surface area contributed by atoms with Gasteiger partial charge in [0.1, 0.15) is 18.1 Å². The third kappa shape index (κ3) is 4.92. The van der Waals surface area contributed by atoms with Crippen molar-refractivity contribution in [3.63, 3.8) is 0 Å². The van der Waals surface area contributed by atoms with Crippen LogP contribution in [0.1, 0.15) is 36.9 Å². The maximum Gasteiger partial charge on any atom is 0.250 e. The maximum atomic E-state index is 13.4. The quantitative estimate of drug-likeness (QED) is 0.568. The number of hydrogen-bond acceptors (Lipinski definition) is 4. The molecule has 0 fully saturated rings. The Balaban J connectivity index is 1.52. The molecule has 0 saturated heterocycles. The lowest BCUT2D eigenvalue weighted by atomic mass is 9.88. The van der Waals surface area contributed by atoms with E-state index >= 15 is 0 Å². The number of aliphatic hydroxyl groups is 1. The molecule has 2 aromatic carbocycles. The molecule has 0 spiro atoms. The van der Waals surface area contributed by atoms with Crippen molar-refractivity contribution in [1.29, 1.82) is 0 Å². The number of hydrogen-bond donors (Lipinski definition) is 1. The molecule has 3 aromatic rings. The molecule has 4 rings (SSSR count). The predicted molar refractivity (Wildman–Crippen MR) is 127 cm³/mol. The van der Waals surface area contributed by atoms with Crippen LogP contribution in [0.25, 0.3) is 11.1 Å². The van der Waals surface area contributed by atoms with Gasteiger partial charge in [0.05, 0.1) is 6.04 Å². The molecule has 1 aliphatic rings. The summed E-state index contributed by atoms with van der Waals surface area (Å²) >= 11 is 0. The minimum absolute atomic E-state index is 0.0309. The first kappa shape index (κ1) is 23.0. The summed E-state index contributed by atoms with van der Waals surface area (Å²) in [6, 6.07) is 18.2. The molecule has 5 nitrogen and oxygen atoms in total. The smallest absolute Gasteiger partial charge is 0.250 e. The van der Waals surface area contributed by atoms with Gasteiger partial charge in [0.25, 0.3) is 0 Å². The van der Waals surface area contributed by atoms with Crippen molar-refractivity contribution in [2.75, 3.05) is 13.3 Å². The first-order valence-electron chi connectivity index (χ1n) is 11.1. The third-order valence-corrected chi connectivity index (χ3v) is 6.36. The van der Waals surface area contributed by atoms with E-state index in [1.165, 1.54) is 12.1 Å². The van der Waals surface area contributed by atoms with Gasteiger partial charge in [-0.3, -0.25) is 4.79 Å². The van der Waals surface area contributed by atoms with Crippen LogP contribution in [-0.4, -0.2) is 27.9 Å². The van der Waals surface area contributed by atoms with E-state index in [0.717, 1.165) is 22.3 Å². The van der Waals surface area contributed by atoms with Crippen LogP contribution in [-0.2, 0) is 17.4 Å². The number of benzene rings is 2. The zero-order chi connectivity index (χ0) is 23.4. The lowest BCUT2D eigenvalue weighted by Crippen LogP contribution is -2.38. The van der Waals surface area contributed by atoms with Gasteiger partial charge in [-0.1, -0.05) is 36.4 Å². The summed E-state index contributed by atoms with van der Waals surface area (Å²) in [6.07, 6.45) is 7.08. The van der Waals surface area contributed by atoms with E-state index in [-0.39, 0.29) is 24.0 Å². The Kier molecular flexibility index (Phi) is 6.77. The van der Waals surface area contributed by atoms with Gasteiger partial charge in [-0.2, -0.15) is 0 Å². The van der Waals surface area contributed by atoms with Crippen LogP contribution >= 0.6 is 0 Å². The summed E-state index contributed by atoms with van der Waals surface area (Å²) in [5.41, 5.74) is 3.34. The molecule has 0 bridgehead atoms. The SMILES string of the molecule is C[C@@H](c1ccc(-c2ccc(=O)n(C)c2)cc1)N1C=CC(CCCO)(c2ccc(F)cc2)OC1. The Morgan fingerprint density at radius 2 is 1.76 bits per heavy atom. The van der Waals surface area contributed by atoms with Crippen LogP contribution in [0.15, 0.2) is 83.9 Å². The topological polar surface area (TPSA) is 54.7 Å². The molecule has 0 amide bonds. The highest BCUT2D eigenvalue weighted by Gasteiger charge is 2.34. The van der Waals surface area contributed by atoms with Crippen molar-refractivity contribution in [3.05, 3.63) is 106 Å². The summed E-state index contributed by atoms with van der Waals surface area (Å²) in [5.74, 6) is -0.285. The number of aryl methyl sites for hydroxylation is 1. The fourth-order valence-electron chi connectivity index (χ4n) is 4.20. The normalized spacial score (nSPS) is 19.0. The monoisotopic (exact) mass is 448 g/mol. The van der Waals surface area contributed by atoms with Crippen molar-refractivity contribution in [2.45, 2.75) is 31.4 Å². The number of aromatic nitrogens is 1. The molecule has 33 heavy (non-hydrogen) atoms. The van der Waals surface area contributed by atoms with E-state index in [9.17, 15) is 14.3 Å². The van der Waals surface area contributed by atoms with Gasteiger partial charge in [0.2, 0.25) is 5.56 Å². The summed E-state index contributed by atoms with van der Waals surface area (Å²) in [7, 11) is 1.75. The van der Waals surface area contributed by atoms with Gasteiger partial charge in [0.15, 0.2) is 0 Å². The third-order valence-electron chi connectivity index (χ3n) is 6.36. The number of pyridine rings is 1. The van der Waals surface area contributed by atoms with Crippen molar-refractivity contribution >= 4 is 0 Å². The highest BCUT2D eigenvalue weighted by molar-refractivity contribution is 5.62. The van der Waals surface area contributed by atoms with E-state index in [0.29, 0.717) is 19.6 Å². The fraction of sp³-hybridized carbons (Fsp3) is 0.296. The van der Waals surface area contributed by atoms with Gasteiger partial charge in [-0.25, -0.2) is 4.39 Å². The zero-order valence-corrected chi connectivity index (χ0v) is 18.9. The van der Waals surface area contributed by atoms with Gasteiger partial charge in [-0.05, 0) is 66.3 Å². The standard InChI is InChI=1S/C27H29FN2O3/c1-20(21-4-6-22(7-5-21)23-8-13-26(32)29(2)18-23)30-16-15-27(33-19-30,14-3-17-31)24-9-11-25(28)12-10-24/h4-13,15-16,18,20,31H,3,14,17,19H2,1-2H3/t20-,27?/m0/s1. The largest absolute Gasteiger partial charge is 0.396 e. The van der Waals surface area contributed by atoms with Gasteiger partial charge < -0.3 is 19.3 Å². The van der Waals surface area contributed by atoms with E-state index in [2.05, 4.69) is 36.1 Å². The molecular formula is C27H29FN2O3. The van der Waals surface area contributed by atoms with Gasteiger partial charge in [0, 0.05) is 32.1 Å². The number of nitrogens with zero attached hydrogens (tertiary/aromatic N) is 2. The van der Waals surface area contributed by atoms with E-state index < -0.39 is 5.60 Å². The molecule has 2 heterocycles. The average molecular weight is 449 g/mol. The lowest BCUT2D eigenvalue weighted by molar-refractivity contribution is -0.0887. The average Bonchev–Trinajstić information content (AvgIpc) is 2.85. The van der Waals surface area contributed by atoms with Crippen LogP contribution in [0.4, 0.5) is 4.39 Å². The van der Waals surface area contributed by atoms with Crippen LogP contribution in [0, 0.1) is 5.82 Å². The van der Waals surface area contributed by atoms with Crippen LogP contribution in [0.3, 0.4) is 0 Å². The highest BCUT2D eigenvalue weighted by atomic mass is 19.1. The number of aliphatic hydroxyl groups excluding tert-OH is 1. The first-order chi connectivity index (χ1) is 15.9. The van der Waals surface area contributed by atoms with Gasteiger partial charge in [-0.15, -0.1) is 0 Å². The first-order valence-corrected chi connectivity index (χ1v) is 11.1. The zero-order valence-electron chi connectivity index (χ0n) is 18.9. The molecule has 0 radical (unpaired) electrons. The van der Waals surface area contributed by atoms with Crippen LogP contribution in [0.2, 0.25) is 0 Å². The van der Waals surface area contributed by atoms with Crippen molar-refractivity contribution in [1.82, 2.24) is 9.47 Å². The molecule has 6 heteroatoms. The molecule has 0 saturated carbocycles. The summed E-state index contributed by atoms with van der Waals surface area (Å²) in [6.45, 7) is 2.57. The number of rotatable bonds is 7. The highest BCUT2D eigenvalue weighted by Crippen LogP contribution is 2.37. The molecule has 1 aromatic heterocycles. The van der Waals surface area contributed by atoms with Gasteiger partial charge >= 0.3 is 0 Å². The fourth-order valence-corrected chi connectivity index (χ4v) is 4.20. The van der Waals surface area contributed by atoms with E-state index in [1.54, 1.807) is 29.8 Å². The molecule has 1 N–H and O–H groups in total. The second kappa shape index (κ2) is 9.73. The molecule has 172 valence electrons. The number of halogens is 1. The molecular weight excluding hydrogens is 419 g/mol. The Labute approximate surface area is 193 Å². The summed E-state index contributed by atoms with van der Waals surface area (Å²) in [4.78, 5) is 13.8. The minimum atomic E-state index is -0.681.